The average molecular weight is 545 g/mol. The molecule has 5 rings (SSSR count). The Morgan fingerprint density at radius 3 is 1.43 bits per heavy atom. The molecule has 1 atom stereocenters. The van der Waals surface area contributed by atoms with Crippen LogP contribution in [0.5, 0.6) is 0 Å². The Bertz CT molecular complexity index is 1420. The Kier molecular flexibility index (Phi) is 8.80. The number of hydrogen-bond acceptors (Lipinski definition) is 3. The number of benzene rings is 5. The molecule has 1 unspecified atom stereocenters. The molecule has 1 amide bonds. The number of rotatable bonds is 10. The molecule has 5 aromatic rings. The SMILES string of the molecule is O=C(NC(C[P+](c1ccccc1)(c1ccccc1)c1ccccc1)C(=O)OCc1ccccc1)c1ccccc1. The van der Waals surface area contributed by atoms with Crippen molar-refractivity contribution >= 4 is 35.1 Å². The van der Waals surface area contributed by atoms with Gasteiger partial charge in [0.25, 0.3) is 5.91 Å². The first-order valence-electron chi connectivity index (χ1n) is 13.3. The maximum atomic E-state index is 13.8. The van der Waals surface area contributed by atoms with Gasteiger partial charge in [0.05, 0.1) is 0 Å². The lowest BCUT2D eigenvalue weighted by molar-refractivity contribution is -0.146. The third kappa shape index (κ3) is 6.20. The first-order valence-corrected chi connectivity index (χ1v) is 15.3. The van der Waals surface area contributed by atoms with E-state index in [1.807, 2.05) is 103 Å². The molecule has 0 bridgehead atoms. The summed E-state index contributed by atoms with van der Waals surface area (Å²) in [4.78, 5) is 27.3. The van der Waals surface area contributed by atoms with Crippen molar-refractivity contribution in [1.29, 1.82) is 0 Å². The van der Waals surface area contributed by atoms with Gasteiger partial charge in [-0.1, -0.05) is 103 Å². The Hall–Kier alpha value is -4.53. The summed E-state index contributed by atoms with van der Waals surface area (Å²) in [5.74, 6) is -0.769. The lowest BCUT2D eigenvalue weighted by atomic mass is 10.2. The molecule has 0 aliphatic heterocycles. The van der Waals surface area contributed by atoms with E-state index in [9.17, 15) is 9.59 Å². The van der Waals surface area contributed by atoms with Crippen LogP contribution in [0.4, 0.5) is 0 Å². The van der Waals surface area contributed by atoms with Crippen LogP contribution >= 0.6 is 7.26 Å². The van der Waals surface area contributed by atoms with E-state index >= 15 is 0 Å². The number of nitrogens with one attached hydrogen (secondary N) is 1. The largest absolute Gasteiger partial charge is 0.459 e. The molecule has 0 aliphatic carbocycles. The number of ether oxygens (including phenoxy) is 1. The van der Waals surface area contributed by atoms with Gasteiger partial charge in [-0.25, -0.2) is 4.79 Å². The van der Waals surface area contributed by atoms with Gasteiger partial charge >= 0.3 is 5.97 Å². The highest BCUT2D eigenvalue weighted by Crippen LogP contribution is 2.55. The first-order chi connectivity index (χ1) is 19.7. The Labute approximate surface area is 236 Å². The van der Waals surface area contributed by atoms with Gasteiger partial charge in [0, 0.05) is 5.56 Å². The fraction of sp³-hybridized carbons (Fsp3) is 0.0857. The fourth-order valence-electron chi connectivity index (χ4n) is 4.92. The van der Waals surface area contributed by atoms with E-state index in [0.717, 1.165) is 21.5 Å². The lowest BCUT2D eigenvalue weighted by Crippen LogP contribution is -2.48. The van der Waals surface area contributed by atoms with Crippen LogP contribution in [0.15, 0.2) is 152 Å². The Balaban J connectivity index is 1.59. The summed E-state index contributed by atoms with van der Waals surface area (Å²) in [5.41, 5.74) is 1.38. The summed E-state index contributed by atoms with van der Waals surface area (Å²) in [7, 11) is -2.42. The van der Waals surface area contributed by atoms with Crippen molar-refractivity contribution < 1.29 is 14.3 Å². The first kappa shape index (κ1) is 27.1. The molecule has 198 valence electrons. The standard InChI is InChI=1S/C35H30NO3P/c37-34(29-18-8-2-9-19-29)36-33(35(38)39-26-28-16-6-1-7-17-28)27-40(30-20-10-3-11-21-30,31-22-12-4-13-23-31)32-24-14-5-15-25-32/h1-25,33H,26-27H2/p+1. The van der Waals surface area contributed by atoms with Gasteiger partial charge in [-0.05, 0) is 54.1 Å². The molecule has 40 heavy (non-hydrogen) atoms. The summed E-state index contributed by atoms with van der Waals surface area (Å²) in [6.45, 7) is 0.130. The highest BCUT2D eigenvalue weighted by atomic mass is 31.2. The number of carbonyl (C=O) groups is 2. The minimum Gasteiger partial charge on any atom is -0.459 e. The van der Waals surface area contributed by atoms with Crippen molar-refractivity contribution in [3.05, 3.63) is 163 Å². The maximum absolute atomic E-state index is 13.8. The normalized spacial score (nSPS) is 11.8. The molecule has 0 radical (unpaired) electrons. The summed E-state index contributed by atoms with van der Waals surface area (Å²) in [6.07, 6.45) is 0.372. The van der Waals surface area contributed by atoms with Crippen molar-refractivity contribution in [3.8, 4) is 0 Å². The molecule has 0 heterocycles. The second-order valence-electron chi connectivity index (χ2n) is 9.48. The molecule has 5 aromatic carbocycles. The van der Waals surface area contributed by atoms with Crippen molar-refractivity contribution in [1.82, 2.24) is 5.32 Å². The molecule has 1 N–H and O–H groups in total. The molecule has 0 fully saturated rings. The fourth-order valence-corrected chi connectivity index (χ4v) is 9.28. The van der Waals surface area contributed by atoms with Crippen LogP contribution in [0.25, 0.3) is 0 Å². The molecule has 0 spiro atoms. The minimum absolute atomic E-state index is 0.130. The highest BCUT2D eigenvalue weighted by molar-refractivity contribution is 7.95. The third-order valence-corrected chi connectivity index (χ3v) is 11.3. The van der Waals surface area contributed by atoms with Crippen LogP contribution in [0.3, 0.4) is 0 Å². The van der Waals surface area contributed by atoms with E-state index < -0.39 is 19.3 Å². The van der Waals surface area contributed by atoms with Crippen molar-refractivity contribution in [2.45, 2.75) is 12.6 Å². The molecular formula is C35H31NO3P+. The van der Waals surface area contributed by atoms with E-state index in [1.54, 1.807) is 12.1 Å². The zero-order valence-corrected chi connectivity index (χ0v) is 23.0. The predicted octanol–water partition coefficient (Wildman–Crippen LogP) is 5.52. The van der Waals surface area contributed by atoms with Crippen molar-refractivity contribution in [2.24, 2.45) is 0 Å². The number of esters is 1. The van der Waals surface area contributed by atoms with Gasteiger partial charge in [-0.15, -0.1) is 0 Å². The van der Waals surface area contributed by atoms with Gasteiger partial charge in [-0.2, -0.15) is 0 Å². The Morgan fingerprint density at radius 1 is 0.575 bits per heavy atom. The van der Waals surface area contributed by atoms with E-state index in [-0.39, 0.29) is 12.5 Å². The molecule has 4 nitrogen and oxygen atoms in total. The van der Waals surface area contributed by atoms with Crippen LogP contribution < -0.4 is 21.2 Å². The number of hydrogen-bond donors (Lipinski definition) is 1. The molecule has 0 saturated carbocycles. The van der Waals surface area contributed by atoms with Crippen LogP contribution in [-0.2, 0) is 16.1 Å². The zero-order chi connectivity index (χ0) is 27.6. The second-order valence-corrected chi connectivity index (χ2v) is 13.0. The minimum atomic E-state index is -2.42. The summed E-state index contributed by atoms with van der Waals surface area (Å²) in [5, 5.41) is 6.43. The van der Waals surface area contributed by atoms with Gasteiger partial charge in [0.15, 0.2) is 6.04 Å². The van der Waals surface area contributed by atoms with Crippen LogP contribution in [0.2, 0.25) is 0 Å². The third-order valence-electron chi connectivity index (χ3n) is 6.90. The predicted molar refractivity (Wildman–Crippen MR) is 164 cm³/mol. The summed E-state index contributed by atoms with van der Waals surface area (Å²) in [6, 6.07) is 48.6. The smallest absolute Gasteiger partial charge is 0.332 e. The van der Waals surface area contributed by atoms with Crippen molar-refractivity contribution in [2.75, 3.05) is 6.16 Å². The quantitative estimate of drug-likeness (QED) is 0.186. The molecule has 0 aliphatic rings. The number of amides is 1. The Morgan fingerprint density at radius 2 is 0.975 bits per heavy atom. The van der Waals surface area contributed by atoms with E-state index in [0.29, 0.717) is 11.7 Å². The molecule has 5 heteroatoms. The van der Waals surface area contributed by atoms with E-state index in [2.05, 4.69) is 41.7 Å². The lowest BCUT2D eigenvalue weighted by Gasteiger charge is -2.30. The summed E-state index contributed by atoms with van der Waals surface area (Å²) >= 11 is 0. The van der Waals surface area contributed by atoms with Gasteiger partial charge < -0.3 is 10.1 Å². The van der Waals surface area contributed by atoms with Crippen molar-refractivity contribution in [3.63, 3.8) is 0 Å². The highest BCUT2D eigenvalue weighted by Gasteiger charge is 2.49. The van der Waals surface area contributed by atoms with Gasteiger partial charge in [0.2, 0.25) is 0 Å². The summed E-state index contributed by atoms with van der Waals surface area (Å²) < 4.78 is 5.84. The monoisotopic (exact) mass is 544 g/mol. The molecule has 0 saturated heterocycles. The van der Waals surface area contributed by atoms with Crippen LogP contribution in [-0.4, -0.2) is 24.1 Å². The molecular weight excluding hydrogens is 513 g/mol. The van der Waals surface area contributed by atoms with E-state index in [4.69, 9.17) is 4.74 Å². The average Bonchev–Trinajstić information content (AvgIpc) is 3.04. The maximum Gasteiger partial charge on any atom is 0.332 e. The van der Waals surface area contributed by atoms with Crippen LogP contribution in [0, 0.1) is 0 Å². The zero-order valence-electron chi connectivity index (χ0n) is 22.1. The molecule has 0 aromatic heterocycles. The van der Waals surface area contributed by atoms with Gasteiger partial charge in [-0.3, -0.25) is 4.79 Å². The van der Waals surface area contributed by atoms with Gasteiger partial charge in [0.1, 0.15) is 35.9 Å². The van der Waals surface area contributed by atoms with Crippen LogP contribution in [0.1, 0.15) is 15.9 Å². The van der Waals surface area contributed by atoms with E-state index in [1.165, 1.54) is 0 Å². The number of carbonyl (C=O) groups excluding carboxylic acids is 2. The topological polar surface area (TPSA) is 55.4 Å². The second kappa shape index (κ2) is 13.0.